The Bertz CT molecular complexity index is 1050. The fourth-order valence-corrected chi connectivity index (χ4v) is 3.81. The van der Waals surface area contributed by atoms with Gasteiger partial charge in [0.1, 0.15) is 15.2 Å². The van der Waals surface area contributed by atoms with Crippen LogP contribution in [0.15, 0.2) is 53.5 Å². The number of benzene rings is 2. The molecule has 2 aromatic rings. The van der Waals surface area contributed by atoms with Crippen LogP contribution in [0.5, 0.6) is 0 Å². The lowest BCUT2D eigenvalue weighted by Crippen LogP contribution is -2.41. The van der Waals surface area contributed by atoms with Gasteiger partial charge >= 0.3 is 6.03 Å². The number of anilines is 2. The zero-order valence-corrected chi connectivity index (χ0v) is 21.4. The number of amidine groups is 1. The molecule has 170 valence electrons. The Labute approximate surface area is 208 Å². The Hall–Kier alpha value is -1.97. The summed E-state index contributed by atoms with van der Waals surface area (Å²) in [7, 11) is 1.33. The van der Waals surface area contributed by atoms with Gasteiger partial charge in [-0.3, -0.25) is 9.69 Å². The van der Waals surface area contributed by atoms with Crippen LogP contribution in [0.25, 0.3) is 0 Å². The molecule has 1 aliphatic rings. The smallest absolute Gasteiger partial charge is 0.337 e. The average molecular weight is 589 g/mol. The molecule has 32 heavy (non-hydrogen) atoms. The molecule has 0 aliphatic carbocycles. The number of nitrogens with one attached hydrogen (secondary N) is 1. The molecule has 0 spiro atoms. The molecule has 1 aliphatic heterocycles. The molecular weight excluding hydrogens is 567 g/mol. The normalized spacial score (nSPS) is 16.8. The average Bonchev–Trinajstić information content (AvgIpc) is 2.98. The maximum Gasteiger partial charge on any atom is 0.337 e. The van der Waals surface area contributed by atoms with Crippen LogP contribution in [0.4, 0.5) is 20.6 Å². The summed E-state index contributed by atoms with van der Waals surface area (Å²) in [6.07, 6.45) is 1.10. The standard InChI is InChI=1S/C22H22Br2ClFN4O2/c1-3-7-14-8-6-9-15(12-14)27-20(22(23,24)13-25)28-18-19(31)29(2)21(32)30(18)17-11-5-4-10-16(17)26/h4-6,8-12,20,27H,3,7,13H2,1-2H3. The van der Waals surface area contributed by atoms with Gasteiger partial charge in [0, 0.05) is 12.7 Å². The summed E-state index contributed by atoms with van der Waals surface area (Å²) in [4.78, 5) is 32.1. The van der Waals surface area contributed by atoms with Crippen LogP contribution < -0.4 is 10.2 Å². The molecule has 1 fully saturated rings. The minimum absolute atomic E-state index is 0.0572. The number of hydrogen-bond acceptors (Lipinski definition) is 4. The first-order valence-corrected chi connectivity index (χ1v) is 12.1. The number of halogens is 4. The van der Waals surface area contributed by atoms with Gasteiger partial charge in [0.2, 0.25) is 5.84 Å². The van der Waals surface area contributed by atoms with Crippen molar-refractivity contribution in [3.05, 3.63) is 59.9 Å². The molecule has 1 N–H and O–H groups in total. The van der Waals surface area contributed by atoms with E-state index in [0.717, 1.165) is 33.9 Å². The van der Waals surface area contributed by atoms with E-state index in [1.807, 2.05) is 24.3 Å². The molecule has 0 bridgehead atoms. The highest BCUT2D eigenvalue weighted by atomic mass is 79.9. The molecule has 1 atom stereocenters. The van der Waals surface area contributed by atoms with Crippen LogP contribution >= 0.6 is 43.5 Å². The van der Waals surface area contributed by atoms with Crippen molar-refractivity contribution in [3.8, 4) is 0 Å². The minimum Gasteiger partial charge on any atom is -0.362 e. The summed E-state index contributed by atoms with van der Waals surface area (Å²) in [5.74, 6) is -1.42. The number of carbonyl (C=O) groups excluding carboxylic acids is 2. The molecule has 1 saturated heterocycles. The van der Waals surface area contributed by atoms with Crippen molar-refractivity contribution in [2.24, 2.45) is 4.99 Å². The van der Waals surface area contributed by atoms with Gasteiger partial charge < -0.3 is 5.32 Å². The first-order valence-electron chi connectivity index (χ1n) is 9.93. The van der Waals surface area contributed by atoms with E-state index >= 15 is 0 Å². The van der Waals surface area contributed by atoms with Crippen LogP contribution in [0, 0.1) is 5.82 Å². The van der Waals surface area contributed by atoms with Crippen molar-refractivity contribution in [2.45, 2.75) is 29.2 Å². The van der Waals surface area contributed by atoms with Crippen molar-refractivity contribution in [1.82, 2.24) is 4.90 Å². The third kappa shape index (κ3) is 5.15. The first kappa shape index (κ1) is 24.7. The molecule has 0 saturated carbocycles. The van der Waals surface area contributed by atoms with E-state index in [-0.39, 0.29) is 17.4 Å². The van der Waals surface area contributed by atoms with E-state index in [1.165, 1.54) is 25.2 Å². The summed E-state index contributed by atoms with van der Waals surface area (Å²) in [5.41, 5.74) is 1.85. The molecular formula is C22H22Br2ClFN4O2. The number of rotatable bonds is 8. The number of carbonyl (C=O) groups is 2. The summed E-state index contributed by atoms with van der Waals surface area (Å²) in [6, 6.07) is 12.8. The van der Waals surface area contributed by atoms with E-state index in [1.54, 1.807) is 6.07 Å². The Morgan fingerprint density at radius 3 is 2.56 bits per heavy atom. The zero-order chi connectivity index (χ0) is 23.5. The number of para-hydroxylation sites is 1. The minimum atomic E-state index is -0.958. The van der Waals surface area contributed by atoms with Gasteiger partial charge in [-0.1, -0.05) is 69.5 Å². The Morgan fingerprint density at radius 2 is 1.91 bits per heavy atom. The van der Waals surface area contributed by atoms with Crippen molar-refractivity contribution in [2.75, 3.05) is 23.1 Å². The number of nitrogens with zero attached hydrogens (tertiary/aromatic N) is 3. The fraction of sp³-hybridized carbons (Fsp3) is 0.318. The second-order valence-corrected chi connectivity index (χ2v) is 11.4. The molecule has 3 rings (SSSR count). The molecule has 6 nitrogen and oxygen atoms in total. The molecule has 0 radical (unpaired) electrons. The second-order valence-electron chi connectivity index (χ2n) is 7.28. The molecule has 0 aromatic heterocycles. The highest BCUT2D eigenvalue weighted by Crippen LogP contribution is 2.36. The van der Waals surface area contributed by atoms with Crippen LogP contribution in [-0.4, -0.2) is 45.0 Å². The van der Waals surface area contributed by atoms with Crippen LogP contribution in [-0.2, 0) is 11.2 Å². The predicted molar refractivity (Wildman–Crippen MR) is 134 cm³/mol. The quantitative estimate of drug-likeness (QED) is 0.316. The monoisotopic (exact) mass is 586 g/mol. The number of imide groups is 1. The molecule has 10 heteroatoms. The van der Waals surface area contributed by atoms with E-state index in [9.17, 15) is 14.0 Å². The number of hydrogen-bond donors (Lipinski definition) is 1. The van der Waals surface area contributed by atoms with Crippen molar-refractivity contribution < 1.29 is 14.0 Å². The van der Waals surface area contributed by atoms with Crippen molar-refractivity contribution >= 4 is 72.6 Å². The van der Waals surface area contributed by atoms with E-state index in [4.69, 9.17) is 11.6 Å². The fourth-order valence-electron chi connectivity index (χ4n) is 3.23. The number of alkyl halides is 3. The number of aryl methyl sites for hydroxylation is 1. The number of amides is 3. The van der Waals surface area contributed by atoms with E-state index in [0.29, 0.717) is 0 Å². The second kappa shape index (κ2) is 10.3. The van der Waals surface area contributed by atoms with Gasteiger partial charge in [-0.15, -0.1) is 11.6 Å². The SMILES string of the molecule is CCCc1cccc(NC(N=C2C(=O)N(C)C(=O)N2c2ccccc2F)C(Br)(Br)CCl)c1. The summed E-state index contributed by atoms with van der Waals surface area (Å²) < 4.78 is 13.6. The van der Waals surface area contributed by atoms with E-state index in [2.05, 4.69) is 49.1 Å². The van der Waals surface area contributed by atoms with Crippen molar-refractivity contribution in [3.63, 3.8) is 0 Å². The third-order valence-electron chi connectivity index (χ3n) is 4.88. The summed E-state index contributed by atoms with van der Waals surface area (Å²) >= 11 is 13.2. The summed E-state index contributed by atoms with van der Waals surface area (Å²) in [5, 5.41) is 3.26. The highest BCUT2D eigenvalue weighted by Gasteiger charge is 2.44. The third-order valence-corrected chi connectivity index (χ3v) is 7.37. The lowest BCUT2D eigenvalue weighted by Gasteiger charge is -2.28. The van der Waals surface area contributed by atoms with Gasteiger partial charge in [0.05, 0.1) is 11.6 Å². The van der Waals surface area contributed by atoms with Gasteiger partial charge in [-0.05, 0) is 36.2 Å². The lowest BCUT2D eigenvalue weighted by atomic mass is 10.1. The van der Waals surface area contributed by atoms with Gasteiger partial charge in [0.15, 0.2) is 0 Å². The van der Waals surface area contributed by atoms with Gasteiger partial charge in [0.25, 0.3) is 5.91 Å². The molecule has 2 aromatic carbocycles. The maximum atomic E-state index is 14.5. The number of aliphatic imine (C=N–C) groups is 1. The van der Waals surface area contributed by atoms with Crippen LogP contribution in [0.2, 0.25) is 0 Å². The number of likely N-dealkylation sites (N-methyl/N-ethyl adjacent to an activating group) is 1. The van der Waals surface area contributed by atoms with Gasteiger partial charge in [-0.25, -0.2) is 19.1 Å². The Kier molecular flexibility index (Phi) is 7.95. The lowest BCUT2D eigenvalue weighted by molar-refractivity contribution is -0.119. The van der Waals surface area contributed by atoms with Crippen molar-refractivity contribution in [1.29, 1.82) is 0 Å². The molecule has 1 unspecified atom stereocenters. The molecule has 1 heterocycles. The Morgan fingerprint density at radius 1 is 1.19 bits per heavy atom. The van der Waals surface area contributed by atoms with Gasteiger partial charge in [-0.2, -0.15) is 0 Å². The summed E-state index contributed by atoms with van der Waals surface area (Å²) in [6.45, 7) is 2.10. The molecule has 3 amide bonds. The topological polar surface area (TPSA) is 65.0 Å². The zero-order valence-electron chi connectivity index (χ0n) is 17.5. The van der Waals surface area contributed by atoms with Crippen LogP contribution in [0.3, 0.4) is 0 Å². The Balaban J connectivity index is 2.06. The predicted octanol–water partition coefficient (Wildman–Crippen LogP) is 5.74. The maximum absolute atomic E-state index is 14.5. The largest absolute Gasteiger partial charge is 0.362 e. The number of urea groups is 1. The highest BCUT2D eigenvalue weighted by molar-refractivity contribution is 9.25. The van der Waals surface area contributed by atoms with Crippen LogP contribution in [0.1, 0.15) is 18.9 Å². The van der Waals surface area contributed by atoms with E-state index < -0.39 is 27.2 Å². The first-order chi connectivity index (χ1) is 15.2.